The van der Waals surface area contributed by atoms with E-state index in [1.807, 2.05) is 24.3 Å². The summed E-state index contributed by atoms with van der Waals surface area (Å²) >= 11 is 0. The fraction of sp³-hybridized carbons (Fsp3) is 0.381. The highest BCUT2D eigenvalue weighted by atomic mass is 32.2. The molecule has 2 aromatic rings. The maximum atomic E-state index is 12.8. The van der Waals surface area contributed by atoms with Crippen LogP contribution in [0.1, 0.15) is 15.9 Å². The van der Waals surface area contributed by atoms with Crippen LogP contribution in [0.2, 0.25) is 0 Å². The van der Waals surface area contributed by atoms with Crippen LogP contribution in [0.15, 0.2) is 53.4 Å². The zero-order chi connectivity index (χ0) is 23.4. The van der Waals surface area contributed by atoms with Gasteiger partial charge in [-0.1, -0.05) is 18.2 Å². The molecule has 0 aliphatic carbocycles. The quantitative estimate of drug-likeness (QED) is 0.672. The first-order chi connectivity index (χ1) is 15.1. The minimum atomic E-state index is -4.67. The van der Waals surface area contributed by atoms with Crippen LogP contribution in [0.4, 0.5) is 13.2 Å². The van der Waals surface area contributed by atoms with Gasteiger partial charge >= 0.3 is 6.18 Å². The lowest BCUT2D eigenvalue weighted by molar-refractivity contribution is -0.121. The number of rotatable bonds is 7. The Kier molecular flexibility index (Phi) is 7.42. The van der Waals surface area contributed by atoms with Crippen LogP contribution >= 0.6 is 0 Å². The van der Waals surface area contributed by atoms with Crippen LogP contribution in [0.5, 0.6) is 5.75 Å². The molecule has 2 aromatic carbocycles. The number of methoxy groups -OCH3 is 1. The topological polar surface area (TPSA) is 79.0 Å². The van der Waals surface area contributed by atoms with Crippen molar-refractivity contribution in [2.75, 3.05) is 39.8 Å². The molecule has 3 rings (SSSR count). The van der Waals surface area contributed by atoms with Gasteiger partial charge < -0.3 is 9.64 Å². The summed E-state index contributed by atoms with van der Waals surface area (Å²) in [6, 6.07) is 12.8. The van der Waals surface area contributed by atoms with Crippen LogP contribution in [-0.2, 0) is 16.6 Å². The number of sulfonamides is 1. The maximum absolute atomic E-state index is 12.8. The van der Waals surface area contributed by atoms with E-state index in [1.54, 1.807) is 12.0 Å². The molecule has 11 heteroatoms. The number of carbonyl (C=O) groups is 1. The molecule has 1 aliphatic rings. The zero-order valence-electron chi connectivity index (χ0n) is 17.4. The molecule has 7 nitrogen and oxygen atoms in total. The Morgan fingerprint density at radius 3 is 2.31 bits per heavy atom. The molecule has 0 bridgehead atoms. The molecule has 1 saturated heterocycles. The Morgan fingerprint density at radius 2 is 1.72 bits per heavy atom. The van der Waals surface area contributed by atoms with Gasteiger partial charge in [0, 0.05) is 38.3 Å². The van der Waals surface area contributed by atoms with E-state index in [-0.39, 0.29) is 16.4 Å². The SMILES string of the molecule is COc1ccc(CN2CCN(C(=O)c3cccc(S(=O)(=O)NCC(F)(F)F)c3)CC2)cc1. The van der Waals surface area contributed by atoms with Gasteiger partial charge in [0.2, 0.25) is 10.0 Å². The fourth-order valence-electron chi connectivity index (χ4n) is 3.34. The second kappa shape index (κ2) is 9.88. The minimum Gasteiger partial charge on any atom is -0.497 e. The predicted octanol–water partition coefficient (Wildman–Crippen LogP) is 2.49. The summed E-state index contributed by atoms with van der Waals surface area (Å²) in [5.41, 5.74) is 1.23. The molecule has 32 heavy (non-hydrogen) atoms. The van der Waals surface area contributed by atoms with E-state index < -0.39 is 22.7 Å². The Labute approximate surface area is 184 Å². The van der Waals surface area contributed by atoms with Gasteiger partial charge in [0.25, 0.3) is 5.91 Å². The standard InChI is InChI=1S/C21H24F3N3O4S/c1-31-18-7-5-16(6-8-18)14-26-9-11-27(12-10-26)20(28)17-3-2-4-19(13-17)32(29,30)25-15-21(22,23)24/h2-8,13,25H,9-12,14-15H2,1H3. The monoisotopic (exact) mass is 471 g/mol. The number of piperazine rings is 1. The Hall–Kier alpha value is -2.63. The van der Waals surface area contributed by atoms with E-state index in [2.05, 4.69) is 4.90 Å². The summed E-state index contributed by atoms with van der Waals surface area (Å²) in [5, 5.41) is 0. The first kappa shape index (κ1) is 24.0. The highest BCUT2D eigenvalue weighted by Gasteiger charge is 2.30. The maximum Gasteiger partial charge on any atom is 0.402 e. The van der Waals surface area contributed by atoms with Crippen LogP contribution in [0.3, 0.4) is 0 Å². The van der Waals surface area contributed by atoms with Crippen LogP contribution in [0, 0.1) is 0 Å². The van der Waals surface area contributed by atoms with Crippen LogP contribution in [0.25, 0.3) is 0 Å². The third-order valence-electron chi connectivity index (χ3n) is 5.08. The van der Waals surface area contributed by atoms with E-state index in [4.69, 9.17) is 4.74 Å². The molecule has 0 spiro atoms. The summed E-state index contributed by atoms with van der Waals surface area (Å²) in [7, 11) is -2.78. The Balaban J connectivity index is 1.59. The van der Waals surface area contributed by atoms with Crippen molar-refractivity contribution in [2.45, 2.75) is 17.6 Å². The second-order valence-electron chi connectivity index (χ2n) is 7.38. The van der Waals surface area contributed by atoms with Crippen molar-refractivity contribution < 1.29 is 31.1 Å². The highest BCUT2D eigenvalue weighted by Crippen LogP contribution is 2.18. The van der Waals surface area contributed by atoms with Crippen molar-refractivity contribution in [2.24, 2.45) is 0 Å². The first-order valence-electron chi connectivity index (χ1n) is 9.88. The molecule has 0 radical (unpaired) electrons. The molecule has 1 fully saturated rings. The van der Waals surface area contributed by atoms with E-state index in [9.17, 15) is 26.4 Å². The first-order valence-corrected chi connectivity index (χ1v) is 11.4. The zero-order valence-corrected chi connectivity index (χ0v) is 18.2. The summed E-state index contributed by atoms with van der Waals surface area (Å²) in [4.78, 5) is 16.3. The van der Waals surface area contributed by atoms with Gasteiger partial charge in [-0.25, -0.2) is 13.1 Å². The van der Waals surface area contributed by atoms with E-state index in [0.717, 1.165) is 30.0 Å². The number of amides is 1. The lowest BCUT2D eigenvalue weighted by atomic mass is 10.1. The number of ether oxygens (including phenoxy) is 1. The van der Waals surface area contributed by atoms with E-state index in [1.165, 1.54) is 16.9 Å². The molecule has 0 atom stereocenters. The summed E-state index contributed by atoms with van der Waals surface area (Å²) < 4.78 is 68.0. The largest absolute Gasteiger partial charge is 0.497 e. The molecule has 1 heterocycles. The van der Waals surface area contributed by atoms with Gasteiger partial charge in [-0.15, -0.1) is 0 Å². The van der Waals surface area contributed by atoms with Crippen molar-refractivity contribution in [1.29, 1.82) is 0 Å². The van der Waals surface area contributed by atoms with E-state index in [0.29, 0.717) is 26.2 Å². The molecular weight excluding hydrogens is 447 g/mol. The number of nitrogens with zero attached hydrogens (tertiary/aromatic N) is 2. The third-order valence-corrected chi connectivity index (χ3v) is 6.48. The lowest BCUT2D eigenvalue weighted by Gasteiger charge is -2.34. The molecule has 1 aliphatic heterocycles. The van der Waals surface area contributed by atoms with Gasteiger partial charge in [0.1, 0.15) is 12.3 Å². The smallest absolute Gasteiger partial charge is 0.402 e. The minimum absolute atomic E-state index is 0.114. The van der Waals surface area contributed by atoms with E-state index >= 15 is 0 Å². The molecule has 1 amide bonds. The van der Waals surface area contributed by atoms with Crippen molar-refractivity contribution in [3.05, 3.63) is 59.7 Å². The lowest BCUT2D eigenvalue weighted by Crippen LogP contribution is -2.48. The molecule has 0 unspecified atom stereocenters. The summed E-state index contributed by atoms with van der Waals surface area (Å²) in [6.07, 6.45) is -4.67. The number of hydrogen-bond acceptors (Lipinski definition) is 5. The number of benzene rings is 2. The van der Waals surface area contributed by atoms with Gasteiger partial charge in [0.05, 0.1) is 12.0 Å². The van der Waals surface area contributed by atoms with Crippen molar-refractivity contribution in [3.63, 3.8) is 0 Å². The van der Waals surface area contributed by atoms with Crippen LogP contribution < -0.4 is 9.46 Å². The van der Waals surface area contributed by atoms with Gasteiger partial charge in [-0.05, 0) is 35.9 Å². The Bertz CT molecular complexity index is 1040. The number of halogens is 3. The number of nitrogens with one attached hydrogen (secondary N) is 1. The average Bonchev–Trinajstić information content (AvgIpc) is 2.78. The summed E-state index contributed by atoms with van der Waals surface area (Å²) in [5.74, 6) is 0.420. The average molecular weight is 472 g/mol. The van der Waals surface area contributed by atoms with Crippen molar-refractivity contribution in [1.82, 2.24) is 14.5 Å². The van der Waals surface area contributed by atoms with Gasteiger partial charge in [-0.2, -0.15) is 13.2 Å². The third kappa shape index (κ3) is 6.44. The predicted molar refractivity (Wildman–Crippen MR) is 112 cm³/mol. The number of carbonyl (C=O) groups excluding carboxylic acids is 1. The molecule has 0 saturated carbocycles. The van der Waals surface area contributed by atoms with Gasteiger partial charge in [-0.3, -0.25) is 9.69 Å². The second-order valence-corrected chi connectivity index (χ2v) is 9.15. The highest BCUT2D eigenvalue weighted by molar-refractivity contribution is 7.89. The molecule has 0 aromatic heterocycles. The van der Waals surface area contributed by atoms with Crippen molar-refractivity contribution >= 4 is 15.9 Å². The Morgan fingerprint density at radius 1 is 1.06 bits per heavy atom. The van der Waals surface area contributed by atoms with Gasteiger partial charge in [0.15, 0.2) is 0 Å². The fourth-order valence-corrected chi connectivity index (χ4v) is 4.40. The normalized spacial score (nSPS) is 15.6. The molecular formula is C21H24F3N3O4S. The number of alkyl halides is 3. The van der Waals surface area contributed by atoms with Crippen LogP contribution in [-0.4, -0.2) is 70.1 Å². The number of hydrogen-bond donors (Lipinski definition) is 1. The molecule has 1 N–H and O–H groups in total. The molecule has 174 valence electrons. The summed E-state index contributed by atoms with van der Waals surface area (Å²) in [6.45, 7) is 1.25. The van der Waals surface area contributed by atoms with Crippen molar-refractivity contribution in [3.8, 4) is 5.75 Å².